The second-order valence-corrected chi connectivity index (χ2v) is 7.41. The molecule has 0 aliphatic heterocycles. The molecule has 0 unspecified atom stereocenters. The molecular formula is C15H19BrN2. The molecule has 1 aromatic rings. The van der Waals surface area contributed by atoms with Crippen LogP contribution in [-0.4, -0.2) is 11.0 Å². The fourth-order valence-electron chi connectivity index (χ4n) is 4.84. The standard InChI is InChI=1S/C15H19BrN2/c16-13-6-14(8-17-7-13)18-15-11-2-9-1-10(4-11)5-12(15)3-9/h6-12,15,18H,1-5H2. The van der Waals surface area contributed by atoms with Gasteiger partial charge in [0.1, 0.15) is 0 Å². The number of nitrogens with one attached hydrogen (secondary N) is 1. The van der Waals surface area contributed by atoms with E-state index in [4.69, 9.17) is 0 Å². The number of aromatic nitrogens is 1. The lowest BCUT2D eigenvalue weighted by Gasteiger charge is -2.54. The van der Waals surface area contributed by atoms with E-state index in [0.29, 0.717) is 6.04 Å². The molecule has 1 N–H and O–H groups in total. The van der Waals surface area contributed by atoms with Crippen molar-refractivity contribution in [3.05, 3.63) is 22.9 Å². The number of halogens is 1. The van der Waals surface area contributed by atoms with Gasteiger partial charge in [-0.15, -0.1) is 0 Å². The first-order valence-electron chi connectivity index (χ1n) is 7.15. The van der Waals surface area contributed by atoms with Gasteiger partial charge < -0.3 is 5.32 Å². The van der Waals surface area contributed by atoms with E-state index < -0.39 is 0 Å². The lowest BCUT2D eigenvalue weighted by atomic mass is 9.54. The Balaban J connectivity index is 1.55. The van der Waals surface area contributed by atoms with Crippen LogP contribution >= 0.6 is 15.9 Å². The molecule has 5 rings (SSSR count). The van der Waals surface area contributed by atoms with Gasteiger partial charge in [0, 0.05) is 16.7 Å². The van der Waals surface area contributed by atoms with Gasteiger partial charge in [0.05, 0.1) is 11.9 Å². The number of hydrogen-bond acceptors (Lipinski definition) is 2. The highest BCUT2D eigenvalue weighted by atomic mass is 79.9. The van der Waals surface area contributed by atoms with Crippen LogP contribution in [0.4, 0.5) is 5.69 Å². The third-order valence-corrected chi connectivity index (χ3v) is 5.70. The summed E-state index contributed by atoms with van der Waals surface area (Å²) >= 11 is 3.50. The van der Waals surface area contributed by atoms with E-state index in [-0.39, 0.29) is 0 Å². The maximum absolute atomic E-state index is 4.26. The highest BCUT2D eigenvalue weighted by Gasteiger charge is 2.48. The third-order valence-electron chi connectivity index (χ3n) is 5.26. The molecule has 4 fully saturated rings. The minimum Gasteiger partial charge on any atom is -0.380 e. The van der Waals surface area contributed by atoms with E-state index in [1.165, 1.54) is 37.8 Å². The molecule has 4 bridgehead atoms. The predicted octanol–water partition coefficient (Wildman–Crippen LogP) is 4.08. The van der Waals surface area contributed by atoms with Crippen molar-refractivity contribution >= 4 is 21.6 Å². The zero-order chi connectivity index (χ0) is 12.1. The van der Waals surface area contributed by atoms with E-state index in [0.717, 1.165) is 28.1 Å². The van der Waals surface area contributed by atoms with Crippen molar-refractivity contribution in [3.8, 4) is 0 Å². The summed E-state index contributed by atoms with van der Waals surface area (Å²) in [5.74, 6) is 3.93. The van der Waals surface area contributed by atoms with Gasteiger partial charge in [-0.05, 0) is 77.8 Å². The average molecular weight is 307 g/mol. The van der Waals surface area contributed by atoms with Gasteiger partial charge in [0.25, 0.3) is 0 Å². The second kappa shape index (κ2) is 4.22. The van der Waals surface area contributed by atoms with Crippen molar-refractivity contribution in [3.63, 3.8) is 0 Å². The van der Waals surface area contributed by atoms with Gasteiger partial charge in [0.2, 0.25) is 0 Å². The van der Waals surface area contributed by atoms with Crippen LogP contribution in [0.3, 0.4) is 0 Å². The van der Waals surface area contributed by atoms with Crippen molar-refractivity contribution in [1.29, 1.82) is 0 Å². The largest absolute Gasteiger partial charge is 0.380 e. The van der Waals surface area contributed by atoms with E-state index in [2.05, 4.69) is 32.3 Å². The molecule has 0 radical (unpaired) electrons. The topological polar surface area (TPSA) is 24.9 Å². The molecule has 96 valence electrons. The van der Waals surface area contributed by atoms with Crippen molar-refractivity contribution < 1.29 is 0 Å². The van der Waals surface area contributed by atoms with Crippen LogP contribution in [-0.2, 0) is 0 Å². The fourth-order valence-corrected chi connectivity index (χ4v) is 5.21. The summed E-state index contributed by atoms with van der Waals surface area (Å²) in [7, 11) is 0. The maximum atomic E-state index is 4.26. The molecule has 18 heavy (non-hydrogen) atoms. The quantitative estimate of drug-likeness (QED) is 0.890. The summed E-state index contributed by atoms with van der Waals surface area (Å²) in [6.07, 6.45) is 11.2. The van der Waals surface area contributed by atoms with E-state index in [9.17, 15) is 0 Å². The second-order valence-electron chi connectivity index (χ2n) is 6.49. The Morgan fingerprint density at radius 3 is 2.28 bits per heavy atom. The molecule has 0 saturated heterocycles. The molecule has 1 heterocycles. The van der Waals surface area contributed by atoms with Crippen LogP contribution in [0.2, 0.25) is 0 Å². The van der Waals surface area contributed by atoms with Gasteiger partial charge >= 0.3 is 0 Å². The Labute approximate surface area is 117 Å². The number of rotatable bonds is 2. The number of pyridine rings is 1. The Hall–Kier alpha value is -0.570. The minimum atomic E-state index is 0.703. The van der Waals surface area contributed by atoms with Gasteiger partial charge in [-0.25, -0.2) is 0 Å². The molecule has 3 heteroatoms. The van der Waals surface area contributed by atoms with Crippen LogP contribution in [0.25, 0.3) is 0 Å². The molecule has 2 nitrogen and oxygen atoms in total. The van der Waals surface area contributed by atoms with Gasteiger partial charge in [-0.3, -0.25) is 4.98 Å². The van der Waals surface area contributed by atoms with E-state index in [1.54, 1.807) is 0 Å². The van der Waals surface area contributed by atoms with Crippen molar-refractivity contribution in [2.75, 3.05) is 5.32 Å². The first kappa shape index (κ1) is 11.3. The smallest absolute Gasteiger partial charge is 0.0540 e. The summed E-state index contributed by atoms with van der Waals surface area (Å²) in [6, 6.07) is 2.85. The molecule has 0 amide bonds. The Kier molecular flexibility index (Phi) is 2.65. The minimum absolute atomic E-state index is 0.703. The van der Waals surface area contributed by atoms with Gasteiger partial charge in [0.15, 0.2) is 0 Å². The highest BCUT2D eigenvalue weighted by molar-refractivity contribution is 9.10. The van der Waals surface area contributed by atoms with E-state index in [1.807, 2.05) is 12.4 Å². The van der Waals surface area contributed by atoms with E-state index >= 15 is 0 Å². The van der Waals surface area contributed by atoms with Crippen molar-refractivity contribution in [2.45, 2.75) is 38.1 Å². The molecule has 0 spiro atoms. The number of nitrogens with zero attached hydrogens (tertiary/aromatic N) is 1. The Morgan fingerprint density at radius 2 is 1.67 bits per heavy atom. The van der Waals surface area contributed by atoms with Crippen LogP contribution < -0.4 is 5.32 Å². The summed E-state index contributed by atoms with van der Waals surface area (Å²) in [5.41, 5.74) is 1.18. The van der Waals surface area contributed by atoms with Gasteiger partial charge in [-0.2, -0.15) is 0 Å². The van der Waals surface area contributed by atoms with Gasteiger partial charge in [-0.1, -0.05) is 0 Å². The third kappa shape index (κ3) is 1.87. The Bertz CT molecular complexity index is 432. The maximum Gasteiger partial charge on any atom is 0.0540 e. The average Bonchev–Trinajstić information content (AvgIpc) is 2.33. The van der Waals surface area contributed by atoms with Crippen LogP contribution in [0.15, 0.2) is 22.9 Å². The summed E-state index contributed by atoms with van der Waals surface area (Å²) in [5, 5.41) is 3.77. The SMILES string of the molecule is Brc1cncc(NC2C3CC4CC(C3)CC2C4)c1. The molecule has 1 aromatic heterocycles. The first-order chi connectivity index (χ1) is 8.78. The Morgan fingerprint density at radius 1 is 1.00 bits per heavy atom. The van der Waals surface area contributed by atoms with Crippen molar-refractivity contribution in [2.24, 2.45) is 23.7 Å². The van der Waals surface area contributed by atoms with Crippen LogP contribution in [0, 0.1) is 23.7 Å². The number of anilines is 1. The zero-order valence-electron chi connectivity index (χ0n) is 10.5. The molecular weight excluding hydrogens is 288 g/mol. The highest BCUT2D eigenvalue weighted by Crippen LogP contribution is 2.54. The monoisotopic (exact) mass is 306 g/mol. The summed E-state index contributed by atoms with van der Waals surface area (Å²) in [4.78, 5) is 4.26. The fraction of sp³-hybridized carbons (Fsp3) is 0.667. The predicted molar refractivity (Wildman–Crippen MR) is 76.4 cm³/mol. The van der Waals surface area contributed by atoms with Crippen LogP contribution in [0.5, 0.6) is 0 Å². The molecule has 4 aliphatic carbocycles. The summed E-state index contributed by atoms with van der Waals surface area (Å²) < 4.78 is 1.07. The lowest BCUT2D eigenvalue weighted by molar-refractivity contribution is 0.00753. The van der Waals surface area contributed by atoms with Crippen LogP contribution in [0.1, 0.15) is 32.1 Å². The normalized spacial score (nSPS) is 41.1. The molecule has 0 aromatic carbocycles. The molecule has 4 aliphatic rings. The molecule has 0 atom stereocenters. The van der Waals surface area contributed by atoms with Crippen molar-refractivity contribution in [1.82, 2.24) is 4.98 Å². The number of hydrogen-bond donors (Lipinski definition) is 1. The lowest BCUT2D eigenvalue weighted by Crippen LogP contribution is -2.51. The summed E-state index contributed by atoms with van der Waals surface area (Å²) in [6.45, 7) is 0. The molecule has 4 saturated carbocycles. The zero-order valence-corrected chi connectivity index (χ0v) is 12.1. The first-order valence-corrected chi connectivity index (χ1v) is 7.94.